The number of hydrogen-bond donors (Lipinski definition) is 1. The Labute approximate surface area is 148 Å². The van der Waals surface area contributed by atoms with E-state index in [1.807, 2.05) is 37.5 Å². The third-order valence-corrected chi connectivity index (χ3v) is 4.39. The summed E-state index contributed by atoms with van der Waals surface area (Å²) in [7, 11) is 0. The Balaban J connectivity index is 2.06. The SMILES string of the molecule is Cc1nc2c(F)cc(-c3ccn4nc(N)nc(C#N)c34)cc2n1C(C)C. The first-order valence-corrected chi connectivity index (χ1v) is 8.14. The molecule has 4 rings (SSSR count). The van der Waals surface area contributed by atoms with E-state index in [9.17, 15) is 9.65 Å². The van der Waals surface area contributed by atoms with E-state index in [4.69, 9.17) is 5.73 Å². The van der Waals surface area contributed by atoms with Crippen LogP contribution in [0.5, 0.6) is 0 Å². The Hall–Kier alpha value is -3.47. The van der Waals surface area contributed by atoms with E-state index in [-0.39, 0.29) is 17.7 Å². The van der Waals surface area contributed by atoms with Gasteiger partial charge >= 0.3 is 0 Å². The lowest BCUT2D eigenvalue weighted by molar-refractivity contribution is 0.600. The molecule has 130 valence electrons. The highest BCUT2D eigenvalue weighted by Crippen LogP contribution is 2.32. The average Bonchev–Trinajstić information content (AvgIpc) is 3.14. The van der Waals surface area contributed by atoms with Crippen molar-refractivity contribution in [3.63, 3.8) is 0 Å². The Morgan fingerprint density at radius 3 is 2.73 bits per heavy atom. The first-order valence-electron chi connectivity index (χ1n) is 8.14. The van der Waals surface area contributed by atoms with Gasteiger partial charge in [-0.15, -0.1) is 5.10 Å². The second kappa shape index (κ2) is 5.52. The molecule has 7 nitrogen and oxygen atoms in total. The van der Waals surface area contributed by atoms with Gasteiger partial charge in [-0.25, -0.2) is 13.9 Å². The number of aromatic nitrogens is 5. The number of nitrogens with zero attached hydrogens (tertiary/aromatic N) is 6. The van der Waals surface area contributed by atoms with Crippen molar-refractivity contribution in [3.8, 4) is 17.2 Å². The normalized spacial score (nSPS) is 11.5. The van der Waals surface area contributed by atoms with Crippen LogP contribution < -0.4 is 5.73 Å². The maximum Gasteiger partial charge on any atom is 0.239 e. The summed E-state index contributed by atoms with van der Waals surface area (Å²) in [5.74, 6) is 0.349. The van der Waals surface area contributed by atoms with Gasteiger partial charge in [0, 0.05) is 17.8 Å². The standard InChI is InChI=1S/C18H16FN7/c1-9(2)26-10(3)22-16-13(19)6-11(7-15(16)26)12-4-5-25-17(12)14(8-20)23-18(21)24-25/h4-7,9H,1-3H3,(H2,21,24). The molecule has 1 aromatic carbocycles. The lowest BCUT2D eigenvalue weighted by Gasteiger charge is -2.11. The van der Waals surface area contributed by atoms with Gasteiger partial charge in [0.25, 0.3) is 0 Å². The van der Waals surface area contributed by atoms with Crippen LogP contribution in [0.3, 0.4) is 0 Å². The van der Waals surface area contributed by atoms with Gasteiger partial charge in [0.15, 0.2) is 11.5 Å². The zero-order chi connectivity index (χ0) is 18.6. The number of nitrogens with two attached hydrogens (primary N) is 1. The summed E-state index contributed by atoms with van der Waals surface area (Å²) in [6.45, 7) is 5.91. The Kier molecular flexibility index (Phi) is 3.40. The van der Waals surface area contributed by atoms with Gasteiger partial charge in [0.2, 0.25) is 5.95 Å². The molecule has 0 saturated carbocycles. The van der Waals surface area contributed by atoms with Gasteiger partial charge in [-0.05, 0) is 44.5 Å². The average molecular weight is 349 g/mol. The van der Waals surface area contributed by atoms with E-state index in [0.717, 1.165) is 5.82 Å². The summed E-state index contributed by atoms with van der Waals surface area (Å²) in [4.78, 5) is 8.34. The van der Waals surface area contributed by atoms with E-state index in [1.54, 1.807) is 12.3 Å². The minimum atomic E-state index is -0.408. The molecule has 3 aromatic heterocycles. The van der Waals surface area contributed by atoms with Crippen LogP contribution in [-0.4, -0.2) is 24.1 Å². The number of anilines is 1. The Morgan fingerprint density at radius 1 is 1.27 bits per heavy atom. The number of hydrogen-bond acceptors (Lipinski definition) is 5. The van der Waals surface area contributed by atoms with Crippen molar-refractivity contribution in [2.45, 2.75) is 26.8 Å². The largest absolute Gasteiger partial charge is 0.367 e. The van der Waals surface area contributed by atoms with E-state index >= 15 is 0 Å². The molecule has 26 heavy (non-hydrogen) atoms. The van der Waals surface area contributed by atoms with E-state index < -0.39 is 5.82 Å². The second-order valence-electron chi connectivity index (χ2n) is 6.40. The highest BCUT2D eigenvalue weighted by molar-refractivity contribution is 5.90. The summed E-state index contributed by atoms with van der Waals surface area (Å²) in [5, 5.41) is 13.5. The van der Waals surface area contributed by atoms with Crippen LogP contribution in [0.1, 0.15) is 31.4 Å². The van der Waals surface area contributed by atoms with Crippen molar-refractivity contribution >= 4 is 22.5 Å². The third-order valence-electron chi connectivity index (χ3n) is 4.39. The predicted molar refractivity (Wildman–Crippen MR) is 95.9 cm³/mol. The van der Waals surface area contributed by atoms with Crippen molar-refractivity contribution in [3.05, 3.63) is 41.7 Å². The number of halogens is 1. The molecule has 0 unspecified atom stereocenters. The fourth-order valence-electron chi connectivity index (χ4n) is 3.43. The molecule has 0 aliphatic heterocycles. The van der Waals surface area contributed by atoms with Crippen LogP contribution in [0.25, 0.3) is 27.7 Å². The van der Waals surface area contributed by atoms with Gasteiger partial charge in [-0.1, -0.05) is 0 Å². The maximum atomic E-state index is 14.7. The van der Waals surface area contributed by atoms with E-state index in [0.29, 0.717) is 27.7 Å². The summed E-state index contributed by atoms with van der Waals surface area (Å²) >= 11 is 0. The molecular formula is C18H16FN7. The molecule has 0 aliphatic rings. The van der Waals surface area contributed by atoms with Gasteiger partial charge in [0.05, 0.1) is 5.52 Å². The summed E-state index contributed by atoms with van der Waals surface area (Å²) in [6.07, 6.45) is 1.68. The zero-order valence-corrected chi connectivity index (χ0v) is 14.5. The number of benzene rings is 1. The molecule has 3 heterocycles. The number of nitriles is 1. The van der Waals surface area contributed by atoms with Crippen LogP contribution in [0.2, 0.25) is 0 Å². The van der Waals surface area contributed by atoms with Crippen molar-refractivity contribution in [2.75, 3.05) is 5.73 Å². The number of fused-ring (bicyclic) bond motifs is 2. The minimum absolute atomic E-state index is 0.00587. The van der Waals surface area contributed by atoms with Crippen molar-refractivity contribution in [2.24, 2.45) is 0 Å². The molecule has 0 atom stereocenters. The van der Waals surface area contributed by atoms with E-state index in [1.165, 1.54) is 10.6 Å². The molecule has 0 spiro atoms. The molecule has 0 radical (unpaired) electrons. The van der Waals surface area contributed by atoms with Crippen LogP contribution in [-0.2, 0) is 0 Å². The number of nitrogen functional groups attached to an aromatic ring is 1. The number of imidazole rings is 1. The third kappa shape index (κ3) is 2.21. The van der Waals surface area contributed by atoms with Crippen molar-refractivity contribution < 1.29 is 4.39 Å². The molecule has 4 aromatic rings. The highest BCUT2D eigenvalue weighted by atomic mass is 19.1. The first kappa shape index (κ1) is 16.0. The molecule has 2 N–H and O–H groups in total. The lowest BCUT2D eigenvalue weighted by atomic mass is 10.1. The van der Waals surface area contributed by atoms with Gasteiger partial charge < -0.3 is 10.3 Å². The summed E-state index contributed by atoms with van der Waals surface area (Å²) in [5.41, 5.74) is 8.61. The lowest BCUT2D eigenvalue weighted by Crippen LogP contribution is -2.04. The van der Waals surface area contributed by atoms with Crippen LogP contribution in [0.4, 0.5) is 10.3 Å². The fourth-order valence-corrected chi connectivity index (χ4v) is 3.43. The van der Waals surface area contributed by atoms with Crippen LogP contribution >= 0.6 is 0 Å². The molecule has 0 aliphatic carbocycles. The summed E-state index contributed by atoms with van der Waals surface area (Å²) < 4.78 is 18.2. The second-order valence-corrected chi connectivity index (χ2v) is 6.40. The topological polar surface area (TPSA) is 97.8 Å². The summed E-state index contributed by atoms with van der Waals surface area (Å²) in [6, 6.07) is 7.24. The van der Waals surface area contributed by atoms with Gasteiger partial charge in [-0.3, -0.25) is 0 Å². The molecule has 0 bridgehead atoms. The molecule has 0 amide bonds. The molecule has 8 heteroatoms. The smallest absolute Gasteiger partial charge is 0.239 e. The number of rotatable bonds is 2. The maximum absolute atomic E-state index is 14.7. The first-order chi connectivity index (χ1) is 12.4. The fraction of sp³-hybridized carbons (Fsp3) is 0.222. The van der Waals surface area contributed by atoms with E-state index in [2.05, 4.69) is 15.1 Å². The highest BCUT2D eigenvalue weighted by Gasteiger charge is 2.18. The predicted octanol–water partition coefficient (Wildman–Crippen LogP) is 3.23. The van der Waals surface area contributed by atoms with Crippen molar-refractivity contribution in [1.82, 2.24) is 24.1 Å². The van der Waals surface area contributed by atoms with Crippen LogP contribution in [0, 0.1) is 24.1 Å². The van der Waals surface area contributed by atoms with Gasteiger partial charge in [-0.2, -0.15) is 10.2 Å². The molecule has 0 saturated heterocycles. The molecular weight excluding hydrogens is 333 g/mol. The minimum Gasteiger partial charge on any atom is -0.367 e. The Morgan fingerprint density at radius 2 is 2.04 bits per heavy atom. The van der Waals surface area contributed by atoms with Crippen molar-refractivity contribution in [1.29, 1.82) is 5.26 Å². The monoisotopic (exact) mass is 349 g/mol. The molecule has 0 fully saturated rings. The quantitative estimate of drug-likeness (QED) is 0.599. The van der Waals surface area contributed by atoms with Crippen LogP contribution in [0.15, 0.2) is 24.4 Å². The zero-order valence-electron chi connectivity index (χ0n) is 14.5. The number of aryl methyl sites for hydroxylation is 1. The Bertz CT molecular complexity index is 1210. The van der Waals surface area contributed by atoms with Gasteiger partial charge in [0.1, 0.15) is 22.9 Å².